The van der Waals surface area contributed by atoms with Gasteiger partial charge in [-0.1, -0.05) is 17.7 Å². The van der Waals surface area contributed by atoms with E-state index in [9.17, 15) is 9.59 Å². The molecule has 20 heavy (non-hydrogen) atoms. The monoisotopic (exact) mass is 280 g/mol. The molecule has 6 heteroatoms. The predicted molar refractivity (Wildman–Crippen MR) is 75.3 cm³/mol. The third-order valence-corrected chi connectivity index (χ3v) is 2.50. The fraction of sp³-hybridized carbons (Fsp3) is 0.429. The van der Waals surface area contributed by atoms with Crippen LogP contribution in [-0.4, -0.2) is 43.3 Å². The van der Waals surface area contributed by atoms with Crippen molar-refractivity contribution in [2.75, 3.05) is 31.7 Å². The molecule has 0 radical (unpaired) electrons. The summed E-state index contributed by atoms with van der Waals surface area (Å²) in [4.78, 5) is 23.1. The fourth-order valence-corrected chi connectivity index (χ4v) is 1.45. The van der Waals surface area contributed by atoms with Gasteiger partial charge in [-0.2, -0.15) is 0 Å². The first-order chi connectivity index (χ1) is 9.63. The van der Waals surface area contributed by atoms with Crippen molar-refractivity contribution in [3.63, 3.8) is 0 Å². The molecule has 0 aliphatic heterocycles. The Kier molecular flexibility index (Phi) is 7.31. The van der Waals surface area contributed by atoms with E-state index in [1.165, 1.54) is 0 Å². The summed E-state index contributed by atoms with van der Waals surface area (Å²) in [6.45, 7) is 2.98. The van der Waals surface area contributed by atoms with E-state index >= 15 is 0 Å². The number of carbonyl (C=O) groups excluding carboxylic acids is 2. The maximum Gasteiger partial charge on any atom is 0.313 e. The van der Waals surface area contributed by atoms with E-state index in [0.717, 1.165) is 5.56 Å². The first-order valence-electron chi connectivity index (χ1n) is 6.48. The minimum absolute atomic E-state index is 0.0225. The number of ether oxygens (including phenoxy) is 1. The van der Waals surface area contributed by atoms with Crippen molar-refractivity contribution in [3.8, 4) is 0 Å². The number of rotatable bonds is 7. The van der Waals surface area contributed by atoms with E-state index in [1.54, 1.807) is 12.1 Å². The molecule has 3 N–H and O–H groups in total. The van der Waals surface area contributed by atoms with Crippen LogP contribution in [0, 0.1) is 6.92 Å². The highest BCUT2D eigenvalue weighted by Crippen LogP contribution is 2.08. The molecule has 0 bridgehead atoms. The van der Waals surface area contributed by atoms with E-state index in [2.05, 4.69) is 10.6 Å². The Labute approximate surface area is 118 Å². The molecule has 0 spiro atoms. The van der Waals surface area contributed by atoms with E-state index in [4.69, 9.17) is 9.84 Å². The lowest BCUT2D eigenvalue weighted by molar-refractivity contribution is -0.136. The number of benzene rings is 1. The molecule has 0 fully saturated rings. The summed E-state index contributed by atoms with van der Waals surface area (Å²) in [6, 6.07) is 7.19. The molecule has 2 amide bonds. The van der Waals surface area contributed by atoms with Gasteiger partial charge in [-0.25, -0.2) is 0 Å². The molecule has 0 atom stereocenters. The highest BCUT2D eigenvalue weighted by atomic mass is 16.5. The Hall–Kier alpha value is -1.92. The van der Waals surface area contributed by atoms with Gasteiger partial charge in [0.15, 0.2) is 0 Å². The van der Waals surface area contributed by atoms with Gasteiger partial charge in [0.05, 0.1) is 13.2 Å². The van der Waals surface area contributed by atoms with E-state index in [0.29, 0.717) is 25.3 Å². The summed E-state index contributed by atoms with van der Waals surface area (Å²) in [5.41, 5.74) is 1.66. The van der Waals surface area contributed by atoms with Crippen molar-refractivity contribution in [1.29, 1.82) is 0 Å². The Balaban J connectivity index is 2.22. The van der Waals surface area contributed by atoms with Crippen molar-refractivity contribution in [2.24, 2.45) is 0 Å². The molecule has 0 aliphatic rings. The molecule has 0 aromatic heterocycles. The van der Waals surface area contributed by atoms with Crippen LogP contribution < -0.4 is 10.6 Å². The van der Waals surface area contributed by atoms with Crippen LogP contribution in [0.2, 0.25) is 0 Å². The summed E-state index contributed by atoms with van der Waals surface area (Å²) < 4.78 is 5.03. The van der Waals surface area contributed by atoms with Gasteiger partial charge in [0, 0.05) is 18.8 Å². The second-order valence-electron chi connectivity index (χ2n) is 4.27. The van der Waals surface area contributed by atoms with E-state index in [-0.39, 0.29) is 13.2 Å². The lowest BCUT2D eigenvalue weighted by Crippen LogP contribution is -2.36. The average Bonchev–Trinajstić information content (AvgIpc) is 2.45. The van der Waals surface area contributed by atoms with Crippen LogP contribution in [0.3, 0.4) is 0 Å². The van der Waals surface area contributed by atoms with Crippen LogP contribution in [0.25, 0.3) is 0 Å². The van der Waals surface area contributed by atoms with Crippen LogP contribution in [-0.2, 0) is 14.3 Å². The Morgan fingerprint density at radius 1 is 1.15 bits per heavy atom. The standard InChI is InChI=1S/C14H20N2O4/c1-11-3-5-12(6-4-11)16-14(19)13(18)15-7-2-9-20-10-8-17/h3-6,17H,2,7-10H2,1H3,(H,15,18)(H,16,19). The van der Waals surface area contributed by atoms with Crippen molar-refractivity contribution in [1.82, 2.24) is 5.32 Å². The number of aliphatic hydroxyl groups excluding tert-OH is 1. The van der Waals surface area contributed by atoms with Gasteiger partial charge in [-0.15, -0.1) is 0 Å². The zero-order chi connectivity index (χ0) is 14.8. The van der Waals surface area contributed by atoms with Gasteiger partial charge in [0.2, 0.25) is 0 Å². The van der Waals surface area contributed by atoms with Crippen LogP contribution in [0.15, 0.2) is 24.3 Å². The van der Waals surface area contributed by atoms with Gasteiger partial charge in [-0.3, -0.25) is 9.59 Å². The molecule has 1 aromatic rings. The predicted octanol–water partition coefficient (Wildman–Crippen LogP) is 0.449. The quantitative estimate of drug-likeness (QED) is 0.500. The lowest BCUT2D eigenvalue weighted by Gasteiger charge is -2.07. The zero-order valence-electron chi connectivity index (χ0n) is 11.5. The summed E-state index contributed by atoms with van der Waals surface area (Å²) in [6.07, 6.45) is 0.587. The number of aryl methyl sites for hydroxylation is 1. The third kappa shape index (κ3) is 6.31. The summed E-state index contributed by atoms with van der Waals surface area (Å²) in [7, 11) is 0. The number of aliphatic hydroxyl groups is 1. The molecule has 0 unspecified atom stereocenters. The van der Waals surface area contributed by atoms with Crippen LogP contribution in [0.5, 0.6) is 0 Å². The number of hydrogen-bond donors (Lipinski definition) is 3. The highest BCUT2D eigenvalue weighted by molar-refractivity contribution is 6.39. The molecule has 0 heterocycles. The van der Waals surface area contributed by atoms with Crippen molar-refractivity contribution in [3.05, 3.63) is 29.8 Å². The van der Waals surface area contributed by atoms with Gasteiger partial charge in [-0.05, 0) is 25.5 Å². The maximum atomic E-state index is 11.6. The van der Waals surface area contributed by atoms with Crippen molar-refractivity contribution in [2.45, 2.75) is 13.3 Å². The zero-order valence-corrected chi connectivity index (χ0v) is 11.5. The largest absolute Gasteiger partial charge is 0.394 e. The first-order valence-corrected chi connectivity index (χ1v) is 6.48. The maximum absolute atomic E-state index is 11.6. The molecule has 0 aliphatic carbocycles. The van der Waals surface area contributed by atoms with Crippen molar-refractivity contribution < 1.29 is 19.4 Å². The number of anilines is 1. The lowest BCUT2D eigenvalue weighted by atomic mass is 10.2. The van der Waals surface area contributed by atoms with Gasteiger partial charge >= 0.3 is 11.8 Å². The second kappa shape index (κ2) is 9.06. The molecule has 6 nitrogen and oxygen atoms in total. The summed E-state index contributed by atoms with van der Waals surface area (Å²) in [5, 5.41) is 13.5. The summed E-state index contributed by atoms with van der Waals surface area (Å²) in [5.74, 6) is -1.36. The van der Waals surface area contributed by atoms with E-state index in [1.807, 2.05) is 19.1 Å². The normalized spacial score (nSPS) is 10.1. The van der Waals surface area contributed by atoms with Crippen LogP contribution in [0.1, 0.15) is 12.0 Å². The van der Waals surface area contributed by atoms with Crippen molar-refractivity contribution >= 4 is 17.5 Å². The topological polar surface area (TPSA) is 87.7 Å². The SMILES string of the molecule is Cc1ccc(NC(=O)C(=O)NCCCOCCO)cc1. The average molecular weight is 280 g/mol. The van der Waals surface area contributed by atoms with E-state index < -0.39 is 11.8 Å². The molecular weight excluding hydrogens is 260 g/mol. The minimum Gasteiger partial charge on any atom is -0.394 e. The first kappa shape index (κ1) is 16.1. The number of carbonyl (C=O) groups is 2. The number of hydrogen-bond acceptors (Lipinski definition) is 4. The number of nitrogens with one attached hydrogen (secondary N) is 2. The smallest absolute Gasteiger partial charge is 0.313 e. The molecular formula is C14H20N2O4. The molecule has 110 valence electrons. The minimum atomic E-state index is -0.690. The molecule has 1 aromatic carbocycles. The van der Waals surface area contributed by atoms with Gasteiger partial charge in [0.1, 0.15) is 0 Å². The Morgan fingerprint density at radius 3 is 2.50 bits per heavy atom. The summed E-state index contributed by atoms with van der Waals surface area (Å²) >= 11 is 0. The third-order valence-electron chi connectivity index (χ3n) is 2.50. The van der Waals surface area contributed by atoms with Gasteiger partial charge < -0.3 is 20.5 Å². The highest BCUT2D eigenvalue weighted by Gasteiger charge is 2.12. The Bertz CT molecular complexity index is 431. The molecule has 0 saturated carbocycles. The molecule has 0 saturated heterocycles. The van der Waals surface area contributed by atoms with Crippen LogP contribution >= 0.6 is 0 Å². The van der Waals surface area contributed by atoms with Crippen LogP contribution in [0.4, 0.5) is 5.69 Å². The van der Waals surface area contributed by atoms with Gasteiger partial charge in [0.25, 0.3) is 0 Å². The molecule has 1 rings (SSSR count). The Morgan fingerprint density at radius 2 is 1.85 bits per heavy atom. The second-order valence-corrected chi connectivity index (χ2v) is 4.27. The fourth-order valence-electron chi connectivity index (χ4n) is 1.45. The number of amides is 2.